The highest BCUT2D eigenvalue weighted by atomic mass is 32.2. The van der Waals surface area contributed by atoms with E-state index < -0.39 is 92.1 Å². The molecule has 3 fully saturated rings. The van der Waals surface area contributed by atoms with Gasteiger partial charge in [-0.3, -0.25) is 29.3 Å². The molecule has 3 aliphatic heterocycles. The van der Waals surface area contributed by atoms with Gasteiger partial charge in [-0.05, 0) is 38.8 Å². The second-order valence-corrected chi connectivity index (χ2v) is 16.5. The van der Waals surface area contributed by atoms with Gasteiger partial charge in [0.05, 0.1) is 5.37 Å². The van der Waals surface area contributed by atoms with E-state index in [0.717, 1.165) is 11.8 Å². The van der Waals surface area contributed by atoms with Crippen LogP contribution in [0.2, 0.25) is 0 Å². The summed E-state index contributed by atoms with van der Waals surface area (Å²) in [7, 11) is 0. The van der Waals surface area contributed by atoms with Gasteiger partial charge < -0.3 is 36.8 Å². The van der Waals surface area contributed by atoms with Crippen molar-refractivity contribution in [2.24, 2.45) is 5.73 Å². The van der Waals surface area contributed by atoms with Crippen LogP contribution < -0.4 is 27.0 Å². The number of hydrogen-bond donors (Lipinski definition) is 7. The summed E-state index contributed by atoms with van der Waals surface area (Å²) >= 11 is 2.41. The Hall–Kier alpha value is -4.12. The number of hydrogen-bond acceptors (Lipinski definition) is 10. The molecule has 14 nitrogen and oxygen atoms in total. The number of thioether (sulfide) groups is 2. The van der Waals surface area contributed by atoms with Crippen molar-refractivity contribution in [2.75, 3.05) is 0 Å². The number of carbonyl (C=O) groups excluding carboxylic acids is 4. The number of nitrogens with two attached hydrogens (primary N) is 1. The topological polar surface area (TPSA) is 220 Å². The fourth-order valence-corrected chi connectivity index (χ4v) is 9.34. The van der Waals surface area contributed by atoms with E-state index in [9.17, 15) is 39.0 Å². The van der Waals surface area contributed by atoms with Gasteiger partial charge in [0.2, 0.25) is 23.6 Å². The maximum Gasteiger partial charge on any atom is 0.327 e. The van der Waals surface area contributed by atoms with Gasteiger partial charge >= 0.3 is 11.9 Å². The third kappa shape index (κ3) is 6.74. The zero-order valence-electron chi connectivity index (χ0n) is 26.6. The third-order valence-electron chi connectivity index (χ3n) is 8.68. The molecule has 3 heterocycles. The van der Waals surface area contributed by atoms with Crippen molar-refractivity contribution in [3.8, 4) is 0 Å². The molecule has 8 atom stereocenters. The molecule has 4 amide bonds. The van der Waals surface area contributed by atoms with Crippen LogP contribution in [0.1, 0.15) is 50.9 Å². The first-order valence-corrected chi connectivity index (χ1v) is 17.0. The first-order valence-electron chi connectivity index (χ1n) is 15.2. The highest BCUT2D eigenvalue weighted by molar-refractivity contribution is 8.02. The molecule has 0 aromatic heterocycles. The van der Waals surface area contributed by atoms with Crippen LogP contribution in [0.5, 0.6) is 0 Å². The number of β-lactam (4-membered cyclic amide) rings is 1. The number of rotatable bonds is 11. The van der Waals surface area contributed by atoms with E-state index in [1.807, 2.05) is 0 Å². The molecular formula is C32H38N6O8S2. The monoisotopic (exact) mass is 698 g/mol. The lowest BCUT2D eigenvalue weighted by atomic mass is 9.95. The number of fused-ring (bicyclic) bond motifs is 1. The molecule has 0 bridgehead atoms. The highest BCUT2D eigenvalue weighted by Gasteiger charge is 2.64. The summed E-state index contributed by atoms with van der Waals surface area (Å²) in [5.41, 5.74) is 7.09. The van der Waals surface area contributed by atoms with E-state index >= 15 is 0 Å². The van der Waals surface area contributed by atoms with Crippen LogP contribution in [0, 0.1) is 0 Å². The van der Waals surface area contributed by atoms with E-state index in [1.165, 1.54) is 16.7 Å². The molecule has 2 aromatic rings. The number of carboxylic acids is 2. The summed E-state index contributed by atoms with van der Waals surface area (Å²) in [6.07, 6.45) is 0. The number of benzene rings is 2. The average Bonchev–Trinajstić information content (AvgIpc) is 3.50. The molecule has 2 unspecified atom stereocenters. The molecule has 0 saturated carbocycles. The maximum atomic E-state index is 14.1. The Bertz CT molecular complexity index is 1610. The van der Waals surface area contributed by atoms with Gasteiger partial charge in [0.15, 0.2) is 0 Å². The predicted molar refractivity (Wildman–Crippen MR) is 178 cm³/mol. The Balaban J connectivity index is 1.40. The number of carboxylic acid groups (broad SMARTS) is 2. The van der Waals surface area contributed by atoms with Crippen molar-refractivity contribution in [2.45, 2.75) is 84.2 Å². The summed E-state index contributed by atoms with van der Waals surface area (Å²) in [4.78, 5) is 79.8. The molecule has 3 saturated heterocycles. The largest absolute Gasteiger partial charge is 0.480 e. The lowest BCUT2D eigenvalue weighted by molar-refractivity contribution is -0.161. The summed E-state index contributed by atoms with van der Waals surface area (Å²) in [6, 6.07) is 9.73. The fourth-order valence-electron chi connectivity index (χ4n) is 6.22. The molecule has 2 aromatic carbocycles. The minimum atomic E-state index is -1.39. The second kappa shape index (κ2) is 13.4. The van der Waals surface area contributed by atoms with Crippen LogP contribution in [-0.4, -0.2) is 95.1 Å². The van der Waals surface area contributed by atoms with Gasteiger partial charge in [0.1, 0.15) is 41.6 Å². The first kappa shape index (κ1) is 35.2. The molecular weight excluding hydrogens is 661 g/mol. The Morgan fingerprint density at radius 3 is 1.94 bits per heavy atom. The standard InChI is InChI=1S/C32H38N6O8S2/c1-31(2)21(29(43)44)37-26(47-31)19(35-23(39)17(33)15-11-7-5-8-12-15)25(41)34-18(16-13-9-6-10-14-16)24(40)36-20-27(42)38-22(30(45)46)32(3,4)48-28(20)38/h5-14,17-22,26,28,37H,33H2,1-4H3,(H,34,41)(H,35,39)(H,36,40)(H,43,44)(H,45,46)/t17-,18-,19?,20-,21+,22+,26?,28-/m1/s1. The molecule has 0 radical (unpaired) electrons. The molecule has 0 spiro atoms. The number of amides is 4. The number of carbonyl (C=O) groups is 6. The van der Waals surface area contributed by atoms with Gasteiger partial charge in [0, 0.05) is 9.49 Å². The van der Waals surface area contributed by atoms with Crippen molar-refractivity contribution < 1.29 is 39.0 Å². The van der Waals surface area contributed by atoms with Crippen LogP contribution in [0.25, 0.3) is 0 Å². The van der Waals surface area contributed by atoms with Crippen LogP contribution in [-0.2, 0) is 28.8 Å². The van der Waals surface area contributed by atoms with Gasteiger partial charge in [-0.1, -0.05) is 60.7 Å². The highest BCUT2D eigenvalue weighted by Crippen LogP contribution is 2.51. The van der Waals surface area contributed by atoms with Crippen molar-refractivity contribution >= 4 is 59.1 Å². The van der Waals surface area contributed by atoms with Crippen LogP contribution in [0.15, 0.2) is 60.7 Å². The first-order chi connectivity index (χ1) is 22.5. The molecule has 0 aliphatic carbocycles. The SMILES string of the molecule is CC1(C)S[C@@H]2[C@H](NC(=O)[C@H](NC(=O)C(NC(=O)[C@H](N)c3ccccc3)C3N[C@@H](C(=O)O)C(C)(C)S3)c3ccccc3)C(=O)N2[C@H]1C(=O)O. The Morgan fingerprint density at radius 1 is 0.812 bits per heavy atom. The van der Waals surface area contributed by atoms with E-state index in [2.05, 4.69) is 21.3 Å². The molecule has 3 aliphatic rings. The Morgan fingerprint density at radius 2 is 1.40 bits per heavy atom. The summed E-state index contributed by atoms with van der Waals surface area (Å²) in [6.45, 7) is 6.84. The van der Waals surface area contributed by atoms with Crippen molar-refractivity contribution in [3.05, 3.63) is 71.8 Å². The van der Waals surface area contributed by atoms with E-state index in [4.69, 9.17) is 5.73 Å². The van der Waals surface area contributed by atoms with E-state index in [-0.39, 0.29) is 0 Å². The van der Waals surface area contributed by atoms with Gasteiger partial charge in [-0.25, -0.2) is 4.79 Å². The summed E-state index contributed by atoms with van der Waals surface area (Å²) in [5, 5.41) is 29.1. The lowest BCUT2D eigenvalue weighted by Gasteiger charge is -2.44. The molecule has 8 N–H and O–H groups in total. The van der Waals surface area contributed by atoms with Crippen molar-refractivity contribution in [1.29, 1.82) is 0 Å². The molecule has 48 heavy (non-hydrogen) atoms. The van der Waals surface area contributed by atoms with E-state index in [1.54, 1.807) is 88.4 Å². The Kier molecular flexibility index (Phi) is 9.83. The van der Waals surface area contributed by atoms with Crippen LogP contribution in [0.4, 0.5) is 0 Å². The predicted octanol–water partition coefficient (Wildman–Crippen LogP) is 0.555. The quantitative estimate of drug-likeness (QED) is 0.160. The van der Waals surface area contributed by atoms with Crippen molar-refractivity contribution in [1.82, 2.24) is 26.2 Å². The number of aliphatic carboxylic acids is 2. The minimum absolute atomic E-state index is 0.372. The van der Waals surface area contributed by atoms with Crippen LogP contribution >= 0.6 is 23.5 Å². The van der Waals surface area contributed by atoms with Gasteiger partial charge in [-0.2, -0.15) is 0 Å². The lowest BCUT2D eigenvalue weighted by Crippen LogP contribution is -2.71. The third-order valence-corrected chi connectivity index (χ3v) is 11.8. The number of nitrogens with zero attached hydrogens (tertiary/aromatic N) is 1. The maximum absolute atomic E-state index is 14.1. The molecule has 256 valence electrons. The van der Waals surface area contributed by atoms with Crippen molar-refractivity contribution in [3.63, 3.8) is 0 Å². The van der Waals surface area contributed by atoms with E-state index in [0.29, 0.717) is 11.1 Å². The van der Waals surface area contributed by atoms with Crippen LogP contribution in [0.3, 0.4) is 0 Å². The van der Waals surface area contributed by atoms with Gasteiger partial charge in [0.25, 0.3) is 0 Å². The number of nitrogens with one attached hydrogen (secondary N) is 4. The zero-order valence-corrected chi connectivity index (χ0v) is 28.2. The molecule has 5 rings (SSSR count). The summed E-state index contributed by atoms with van der Waals surface area (Å²) in [5.74, 6) is -5.06. The normalized spacial score (nSPS) is 27.1. The summed E-state index contributed by atoms with van der Waals surface area (Å²) < 4.78 is -1.69. The average molecular weight is 699 g/mol. The molecule has 16 heteroatoms. The minimum Gasteiger partial charge on any atom is -0.480 e. The smallest absolute Gasteiger partial charge is 0.327 e. The fraction of sp³-hybridized carbons (Fsp3) is 0.438. The Labute approximate surface area is 285 Å². The zero-order chi connectivity index (χ0) is 35.1. The van der Waals surface area contributed by atoms with Gasteiger partial charge in [-0.15, -0.1) is 23.5 Å². The second-order valence-electron chi connectivity index (χ2n) is 12.9.